The Bertz CT molecular complexity index is 758. The number of carbonyl (C=O) groups is 2. The van der Waals surface area contributed by atoms with Gasteiger partial charge >= 0.3 is 0 Å². The van der Waals surface area contributed by atoms with Crippen LogP contribution in [0.15, 0.2) is 48.5 Å². The summed E-state index contributed by atoms with van der Waals surface area (Å²) in [6.07, 6.45) is 1.30. The summed E-state index contributed by atoms with van der Waals surface area (Å²) in [5.41, 5.74) is 9.29. The quantitative estimate of drug-likeness (QED) is 0.901. The number of amides is 2. The Morgan fingerprint density at radius 2 is 2.00 bits per heavy atom. The molecule has 1 heterocycles. The van der Waals surface area contributed by atoms with Crippen LogP contribution in [0.3, 0.4) is 0 Å². The highest BCUT2D eigenvalue weighted by atomic mass is 16.2. The average Bonchev–Trinajstić information content (AvgIpc) is 2.59. The van der Waals surface area contributed by atoms with Crippen molar-refractivity contribution >= 4 is 17.5 Å². The smallest absolute Gasteiger partial charge is 0.253 e. The first-order valence-electron chi connectivity index (χ1n) is 8.03. The predicted molar refractivity (Wildman–Crippen MR) is 93.9 cm³/mol. The van der Waals surface area contributed by atoms with Gasteiger partial charge in [0, 0.05) is 24.8 Å². The first-order chi connectivity index (χ1) is 11.5. The maximum Gasteiger partial charge on any atom is 0.253 e. The summed E-state index contributed by atoms with van der Waals surface area (Å²) in [4.78, 5) is 26.2. The molecule has 2 aromatic carbocycles. The molecule has 3 rings (SSSR count). The van der Waals surface area contributed by atoms with Gasteiger partial charge in [0.2, 0.25) is 5.91 Å². The number of benzene rings is 2. The summed E-state index contributed by atoms with van der Waals surface area (Å²) < 4.78 is 0. The normalized spacial score (nSPS) is 14.9. The fourth-order valence-corrected chi connectivity index (χ4v) is 2.86. The lowest BCUT2D eigenvalue weighted by molar-refractivity contribution is -0.117. The van der Waals surface area contributed by atoms with Crippen LogP contribution in [-0.4, -0.2) is 36.3 Å². The van der Waals surface area contributed by atoms with E-state index in [-0.39, 0.29) is 11.8 Å². The molecule has 0 unspecified atom stereocenters. The van der Waals surface area contributed by atoms with E-state index >= 15 is 0 Å². The van der Waals surface area contributed by atoms with E-state index in [0.717, 1.165) is 24.1 Å². The average molecular weight is 323 g/mol. The van der Waals surface area contributed by atoms with Crippen molar-refractivity contribution in [1.29, 1.82) is 0 Å². The molecule has 0 spiro atoms. The van der Waals surface area contributed by atoms with Crippen molar-refractivity contribution in [3.05, 3.63) is 65.2 Å². The number of rotatable bonds is 4. The SMILES string of the molecule is CN1CCc2ccc(NC(=O)[C@@H](N)Cc3ccccc3)cc2C1=O. The van der Waals surface area contributed by atoms with Crippen molar-refractivity contribution in [2.24, 2.45) is 5.73 Å². The second-order valence-corrected chi connectivity index (χ2v) is 6.13. The molecule has 124 valence electrons. The molecule has 0 fully saturated rings. The van der Waals surface area contributed by atoms with Gasteiger partial charge in [0.05, 0.1) is 6.04 Å². The Hall–Kier alpha value is -2.66. The molecule has 3 N–H and O–H groups in total. The van der Waals surface area contributed by atoms with Crippen LogP contribution in [0.2, 0.25) is 0 Å². The van der Waals surface area contributed by atoms with Crippen molar-refractivity contribution in [1.82, 2.24) is 4.90 Å². The fraction of sp³-hybridized carbons (Fsp3) is 0.263. The molecule has 0 saturated carbocycles. The molecule has 0 saturated heterocycles. The third kappa shape index (κ3) is 3.46. The number of nitrogens with two attached hydrogens (primary N) is 1. The molecule has 0 bridgehead atoms. The zero-order chi connectivity index (χ0) is 17.1. The van der Waals surface area contributed by atoms with Crippen LogP contribution in [-0.2, 0) is 17.6 Å². The van der Waals surface area contributed by atoms with Gasteiger partial charge in [-0.2, -0.15) is 0 Å². The maximum absolute atomic E-state index is 12.3. The van der Waals surface area contributed by atoms with Crippen molar-refractivity contribution in [3.8, 4) is 0 Å². The van der Waals surface area contributed by atoms with E-state index in [1.165, 1.54) is 0 Å². The predicted octanol–water partition coefficient (Wildman–Crippen LogP) is 1.82. The van der Waals surface area contributed by atoms with Crippen molar-refractivity contribution in [2.75, 3.05) is 18.9 Å². The van der Waals surface area contributed by atoms with Crippen molar-refractivity contribution in [2.45, 2.75) is 18.9 Å². The number of hydrogen-bond donors (Lipinski definition) is 2. The summed E-state index contributed by atoms with van der Waals surface area (Å²) in [5.74, 6) is -0.267. The van der Waals surface area contributed by atoms with Crippen molar-refractivity contribution < 1.29 is 9.59 Å². The highest BCUT2D eigenvalue weighted by Crippen LogP contribution is 2.22. The molecule has 0 aromatic heterocycles. The summed E-state index contributed by atoms with van der Waals surface area (Å²) in [6, 6.07) is 14.5. The zero-order valence-electron chi connectivity index (χ0n) is 13.7. The van der Waals surface area contributed by atoms with Crippen LogP contribution in [0.5, 0.6) is 0 Å². The van der Waals surface area contributed by atoms with Gasteiger partial charge in [-0.25, -0.2) is 0 Å². The molecule has 2 amide bonds. The number of fused-ring (bicyclic) bond motifs is 1. The second kappa shape index (κ2) is 6.84. The van der Waals surface area contributed by atoms with Gasteiger partial charge in [-0.15, -0.1) is 0 Å². The van der Waals surface area contributed by atoms with Gasteiger partial charge in [0.15, 0.2) is 0 Å². The molecular weight excluding hydrogens is 302 g/mol. The number of nitrogens with one attached hydrogen (secondary N) is 1. The molecule has 1 atom stereocenters. The Kier molecular flexibility index (Phi) is 4.62. The number of likely N-dealkylation sites (N-methyl/N-ethyl adjacent to an activating group) is 1. The van der Waals surface area contributed by atoms with Gasteiger partial charge in [0.1, 0.15) is 0 Å². The summed E-state index contributed by atoms with van der Waals surface area (Å²) in [5, 5.41) is 2.81. The minimum absolute atomic E-state index is 0.0130. The van der Waals surface area contributed by atoms with Crippen LogP contribution < -0.4 is 11.1 Å². The highest BCUT2D eigenvalue weighted by molar-refractivity contribution is 6.00. The van der Waals surface area contributed by atoms with Crippen LogP contribution in [0.1, 0.15) is 21.5 Å². The largest absolute Gasteiger partial charge is 0.341 e. The summed E-state index contributed by atoms with van der Waals surface area (Å²) >= 11 is 0. The van der Waals surface area contributed by atoms with E-state index in [9.17, 15) is 9.59 Å². The van der Waals surface area contributed by atoms with Gasteiger partial charge in [-0.1, -0.05) is 36.4 Å². The summed E-state index contributed by atoms with van der Waals surface area (Å²) in [6.45, 7) is 0.722. The second-order valence-electron chi connectivity index (χ2n) is 6.13. The van der Waals surface area contributed by atoms with Crippen molar-refractivity contribution in [3.63, 3.8) is 0 Å². The topological polar surface area (TPSA) is 75.4 Å². The minimum atomic E-state index is -0.637. The van der Waals surface area contributed by atoms with Crippen LogP contribution in [0, 0.1) is 0 Å². The minimum Gasteiger partial charge on any atom is -0.341 e. The summed E-state index contributed by atoms with van der Waals surface area (Å²) in [7, 11) is 1.78. The lowest BCUT2D eigenvalue weighted by Crippen LogP contribution is -2.37. The Balaban J connectivity index is 1.69. The highest BCUT2D eigenvalue weighted by Gasteiger charge is 2.22. The van der Waals surface area contributed by atoms with Gasteiger partial charge in [-0.05, 0) is 36.1 Å². The maximum atomic E-state index is 12.3. The molecule has 24 heavy (non-hydrogen) atoms. The fourth-order valence-electron chi connectivity index (χ4n) is 2.86. The third-order valence-corrected chi connectivity index (χ3v) is 4.31. The number of carbonyl (C=O) groups excluding carboxylic acids is 2. The van der Waals surface area contributed by atoms with E-state index < -0.39 is 6.04 Å². The molecule has 0 radical (unpaired) electrons. The number of nitrogens with zero attached hydrogens (tertiary/aromatic N) is 1. The lowest BCUT2D eigenvalue weighted by Gasteiger charge is -2.25. The number of anilines is 1. The first-order valence-corrected chi connectivity index (χ1v) is 8.03. The van der Waals surface area contributed by atoms with Gasteiger partial charge in [0.25, 0.3) is 5.91 Å². The van der Waals surface area contributed by atoms with E-state index in [1.807, 2.05) is 42.5 Å². The van der Waals surface area contributed by atoms with E-state index in [4.69, 9.17) is 5.73 Å². The van der Waals surface area contributed by atoms with Gasteiger partial charge in [-0.3, -0.25) is 9.59 Å². The number of hydrogen-bond acceptors (Lipinski definition) is 3. The monoisotopic (exact) mass is 323 g/mol. The van der Waals surface area contributed by atoms with E-state index in [2.05, 4.69) is 5.32 Å². The molecule has 0 aliphatic carbocycles. The van der Waals surface area contributed by atoms with E-state index in [1.54, 1.807) is 18.0 Å². The molecule has 5 heteroatoms. The first kappa shape index (κ1) is 16.2. The standard InChI is InChI=1S/C19H21N3O2/c1-22-10-9-14-7-8-15(12-16(14)19(22)24)21-18(23)17(20)11-13-5-3-2-4-6-13/h2-8,12,17H,9-11,20H2,1H3,(H,21,23)/t17-/m0/s1. The molecule has 1 aliphatic heterocycles. The lowest BCUT2D eigenvalue weighted by atomic mass is 9.98. The molecule has 2 aromatic rings. The van der Waals surface area contributed by atoms with Gasteiger partial charge < -0.3 is 16.0 Å². The Morgan fingerprint density at radius 3 is 2.75 bits per heavy atom. The van der Waals surface area contributed by atoms with Crippen LogP contribution in [0.25, 0.3) is 0 Å². The zero-order valence-corrected chi connectivity index (χ0v) is 13.7. The molecule has 5 nitrogen and oxygen atoms in total. The van der Waals surface area contributed by atoms with Crippen LogP contribution in [0.4, 0.5) is 5.69 Å². The Morgan fingerprint density at radius 1 is 1.25 bits per heavy atom. The molecular formula is C19H21N3O2. The Labute approximate surface area is 141 Å². The third-order valence-electron chi connectivity index (χ3n) is 4.31. The molecule has 1 aliphatic rings. The van der Waals surface area contributed by atoms with Crippen LogP contribution >= 0.6 is 0 Å². The van der Waals surface area contributed by atoms with E-state index in [0.29, 0.717) is 17.7 Å².